The highest BCUT2D eigenvalue weighted by Gasteiger charge is 2.55. The van der Waals surface area contributed by atoms with Gasteiger partial charge in [-0.2, -0.15) is 5.10 Å². The smallest absolute Gasteiger partial charge is 0.322 e. The summed E-state index contributed by atoms with van der Waals surface area (Å²) in [4.78, 5) is 40.7. The lowest BCUT2D eigenvalue weighted by atomic mass is 9.87. The van der Waals surface area contributed by atoms with Crippen LogP contribution in [0.25, 0.3) is 0 Å². The molecule has 1 aromatic rings. The van der Waals surface area contributed by atoms with Crippen LogP contribution in [-0.4, -0.2) is 63.7 Å². The van der Waals surface area contributed by atoms with Crippen molar-refractivity contribution in [3.63, 3.8) is 0 Å². The summed E-state index contributed by atoms with van der Waals surface area (Å²) in [6.07, 6.45) is 4.38. The molecule has 3 aliphatic rings. The summed E-state index contributed by atoms with van der Waals surface area (Å²) >= 11 is 0. The summed E-state index contributed by atoms with van der Waals surface area (Å²) in [6.45, 7) is 4.08. The Hall–Kier alpha value is -2.58. The lowest BCUT2D eigenvalue weighted by Gasteiger charge is -2.40. The second-order valence-electron chi connectivity index (χ2n) is 7.88. The van der Waals surface area contributed by atoms with E-state index in [1.807, 2.05) is 24.2 Å². The molecule has 146 valence electrons. The minimum atomic E-state index is -0.895. The van der Waals surface area contributed by atoms with E-state index in [4.69, 9.17) is 0 Å². The first kappa shape index (κ1) is 17.8. The first-order valence-corrected chi connectivity index (χ1v) is 9.57. The van der Waals surface area contributed by atoms with E-state index in [9.17, 15) is 14.4 Å². The molecule has 1 aliphatic carbocycles. The Bertz CT molecular complexity index is 773. The predicted octanol–water partition coefficient (Wildman–Crippen LogP) is 0.226. The number of imide groups is 1. The van der Waals surface area contributed by atoms with Gasteiger partial charge in [0.2, 0.25) is 5.91 Å². The van der Waals surface area contributed by atoms with Crippen LogP contribution >= 0.6 is 0 Å². The number of carbonyl (C=O) groups excluding carboxylic acids is 3. The molecule has 0 bridgehead atoms. The highest BCUT2D eigenvalue weighted by molar-refractivity contribution is 6.07. The maximum absolute atomic E-state index is 12.8. The fourth-order valence-electron chi connectivity index (χ4n) is 4.29. The molecule has 2 saturated heterocycles. The van der Waals surface area contributed by atoms with Crippen molar-refractivity contribution in [2.45, 2.75) is 44.2 Å². The average Bonchev–Trinajstić information content (AvgIpc) is 3.33. The van der Waals surface area contributed by atoms with Crippen LogP contribution in [0.1, 0.15) is 32.6 Å². The first-order chi connectivity index (χ1) is 12.9. The molecule has 0 radical (unpaired) electrons. The maximum atomic E-state index is 12.8. The van der Waals surface area contributed by atoms with Crippen LogP contribution < -0.4 is 15.5 Å². The van der Waals surface area contributed by atoms with E-state index >= 15 is 0 Å². The van der Waals surface area contributed by atoms with Gasteiger partial charge in [-0.25, -0.2) is 4.79 Å². The number of piperazine rings is 1. The first-order valence-electron chi connectivity index (χ1n) is 9.57. The minimum Gasteiger partial charge on any atom is -0.349 e. The molecule has 3 fully saturated rings. The summed E-state index contributed by atoms with van der Waals surface area (Å²) in [5.41, 5.74) is -0.895. The second-order valence-corrected chi connectivity index (χ2v) is 7.88. The molecule has 2 N–H and O–H groups in total. The van der Waals surface area contributed by atoms with Crippen molar-refractivity contribution in [3.8, 4) is 0 Å². The Morgan fingerprint density at radius 3 is 2.67 bits per heavy atom. The Morgan fingerprint density at radius 2 is 2.11 bits per heavy atom. The molecule has 0 aromatic carbocycles. The van der Waals surface area contributed by atoms with Crippen LogP contribution in [0.4, 0.5) is 10.6 Å². The summed E-state index contributed by atoms with van der Waals surface area (Å²) in [7, 11) is 1.89. The molecular formula is C18H26N6O3. The molecule has 1 unspecified atom stereocenters. The summed E-state index contributed by atoms with van der Waals surface area (Å²) in [6, 6.07) is 1.70. The molecular weight excluding hydrogens is 348 g/mol. The normalized spacial score (nSPS) is 28.3. The van der Waals surface area contributed by atoms with Gasteiger partial charge in [0.1, 0.15) is 5.54 Å². The van der Waals surface area contributed by atoms with Crippen LogP contribution in [0, 0.1) is 5.92 Å². The van der Waals surface area contributed by atoms with Gasteiger partial charge >= 0.3 is 6.03 Å². The fraction of sp³-hybridized carbons (Fsp3) is 0.667. The number of aryl methyl sites for hydroxylation is 1. The highest BCUT2D eigenvalue weighted by atomic mass is 16.2. The van der Waals surface area contributed by atoms with E-state index in [0.717, 1.165) is 25.2 Å². The molecule has 1 saturated carbocycles. The van der Waals surface area contributed by atoms with Crippen LogP contribution in [0.3, 0.4) is 0 Å². The zero-order chi connectivity index (χ0) is 19.2. The molecule has 4 amide bonds. The Kier molecular flexibility index (Phi) is 4.32. The van der Waals surface area contributed by atoms with E-state index in [0.29, 0.717) is 19.5 Å². The van der Waals surface area contributed by atoms with Crippen molar-refractivity contribution in [1.29, 1.82) is 0 Å². The van der Waals surface area contributed by atoms with Crippen LogP contribution in [0.5, 0.6) is 0 Å². The molecule has 4 rings (SSSR count). The average molecular weight is 374 g/mol. The third-order valence-corrected chi connectivity index (χ3v) is 5.95. The van der Waals surface area contributed by atoms with E-state index in [-0.39, 0.29) is 30.2 Å². The van der Waals surface area contributed by atoms with Crippen molar-refractivity contribution in [2.75, 3.05) is 24.5 Å². The number of nitrogens with zero attached hydrogens (tertiary/aromatic N) is 4. The van der Waals surface area contributed by atoms with E-state index in [2.05, 4.69) is 27.6 Å². The molecule has 9 heteroatoms. The monoisotopic (exact) mass is 374 g/mol. The Labute approximate surface area is 158 Å². The number of aromatic nitrogens is 2. The predicted molar refractivity (Wildman–Crippen MR) is 98.0 cm³/mol. The Morgan fingerprint density at radius 1 is 1.33 bits per heavy atom. The van der Waals surface area contributed by atoms with Crippen molar-refractivity contribution < 1.29 is 14.4 Å². The van der Waals surface area contributed by atoms with Crippen LogP contribution in [0.2, 0.25) is 0 Å². The van der Waals surface area contributed by atoms with Gasteiger partial charge in [-0.15, -0.1) is 0 Å². The van der Waals surface area contributed by atoms with Gasteiger partial charge in [-0.3, -0.25) is 19.6 Å². The molecule has 9 nitrogen and oxygen atoms in total. The van der Waals surface area contributed by atoms with Gasteiger partial charge in [0, 0.05) is 51.4 Å². The van der Waals surface area contributed by atoms with E-state index < -0.39 is 11.6 Å². The quantitative estimate of drug-likeness (QED) is 0.719. The fourth-order valence-corrected chi connectivity index (χ4v) is 4.29. The number of anilines is 1. The maximum Gasteiger partial charge on any atom is 0.322 e. The highest BCUT2D eigenvalue weighted by Crippen LogP contribution is 2.43. The lowest BCUT2D eigenvalue weighted by molar-refractivity contribution is -0.133. The van der Waals surface area contributed by atoms with Gasteiger partial charge in [-0.05, 0) is 32.1 Å². The van der Waals surface area contributed by atoms with Gasteiger partial charge in [-0.1, -0.05) is 0 Å². The van der Waals surface area contributed by atoms with Crippen LogP contribution in [0.15, 0.2) is 12.3 Å². The summed E-state index contributed by atoms with van der Waals surface area (Å²) < 4.78 is 1.78. The molecule has 2 atom stereocenters. The number of carbonyl (C=O) groups is 3. The van der Waals surface area contributed by atoms with Crippen molar-refractivity contribution in [2.24, 2.45) is 13.0 Å². The number of hydrogen-bond acceptors (Lipinski definition) is 5. The van der Waals surface area contributed by atoms with Gasteiger partial charge in [0.05, 0.1) is 0 Å². The summed E-state index contributed by atoms with van der Waals surface area (Å²) in [5.74, 6) is 0.833. The molecule has 0 spiro atoms. The van der Waals surface area contributed by atoms with Crippen molar-refractivity contribution in [1.82, 2.24) is 25.3 Å². The van der Waals surface area contributed by atoms with Gasteiger partial charge in [0.15, 0.2) is 5.82 Å². The third-order valence-electron chi connectivity index (χ3n) is 5.95. The summed E-state index contributed by atoms with van der Waals surface area (Å²) in [5, 5.41) is 9.57. The zero-order valence-electron chi connectivity index (χ0n) is 15.8. The van der Waals surface area contributed by atoms with Gasteiger partial charge in [0.25, 0.3) is 5.91 Å². The van der Waals surface area contributed by atoms with Gasteiger partial charge < -0.3 is 15.1 Å². The third kappa shape index (κ3) is 3.26. The number of hydrogen-bond donors (Lipinski definition) is 2. The molecule has 27 heavy (non-hydrogen) atoms. The molecule has 2 aliphatic heterocycles. The zero-order valence-corrected chi connectivity index (χ0v) is 15.8. The standard InChI is InChI=1S/C18H26N6O3/c1-12-11-23(9-10-24(12)14-6-8-22(2)21-14)15(25)5-7-18(13-3-4-13)16(26)19-17(27)20-18/h6,8,12-13H,3-5,7,9-11H2,1-2H3,(H2,19,20,26,27)/t12-,18?/m0/s1. The number of nitrogens with one attached hydrogen (secondary N) is 2. The number of urea groups is 1. The topological polar surface area (TPSA) is 99.6 Å². The lowest BCUT2D eigenvalue weighted by Crippen LogP contribution is -2.55. The number of amides is 4. The largest absolute Gasteiger partial charge is 0.349 e. The molecule has 3 heterocycles. The Balaban J connectivity index is 1.35. The number of rotatable bonds is 5. The minimum absolute atomic E-state index is 0.0384. The second kappa shape index (κ2) is 6.54. The van der Waals surface area contributed by atoms with E-state index in [1.165, 1.54) is 0 Å². The van der Waals surface area contributed by atoms with Crippen molar-refractivity contribution in [3.05, 3.63) is 12.3 Å². The SMILES string of the molecule is C[C@H]1CN(C(=O)CCC2(C3CC3)NC(=O)NC2=O)CCN1c1ccn(C)n1. The van der Waals surface area contributed by atoms with Crippen LogP contribution in [-0.2, 0) is 16.6 Å². The van der Waals surface area contributed by atoms with Crippen molar-refractivity contribution >= 4 is 23.7 Å². The van der Waals surface area contributed by atoms with E-state index in [1.54, 1.807) is 4.68 Å². The molecule has 1 aromatic heterocycles.